The van der Waals surface area contributed by atoms with E-state index < -0.39 is 0 Å². The maximum absolute atomic E-state index is 6.05. The van der Waals surface area contributed by atoms with E-state index in [1.807, 2.05) is 6.07 Å². The van der Waals surface area contributed by atoms with E-state index in [1.165, 1.54) is 38.4 Å². The summed E-state index contributed by atoms with van der Waals surface area (Å²) in [7, 11) is 1.65. The molecule has 5 aromatic rings. The van der Waals surface area contributed by atoms with Crippen molar-refractivity contribution < 1.29 is 9.47 Å². The summed E-state index contributed by atoms with van der Waals surface area (Å²) in [6.07, 6.45) is 0. The Morgan fingerprint density at radius 3 is 1.70 bits per heavy atom. The zero-order chi connectivity index (χ0) is 20.3. The van der Waals surface area contributed by atoms with Gasteiger partial charge in [-0.25, -0.2) is 0 Å². The van der Waals surface area contributed by atoms with Gasteiger partial charge in [0, 0.05) is 18.1 Å². The third-order valence-corrected chi connectivity index (χ3v) is 5.47. The molecule has 2 nitrogen and oxygen atoms in total. The number of benzene rings is 5. The molecule has 0 radical (unpaired) electrons. The minimum absolute atomic E-state index is 0.209. The number of fused-ring (bicyclic) bond motifs is 2. The van der Waals surface area contributed by atoms with E-state index in [0.717, 1.165) is 11.1 Å². The van der Waals surface area contributed by atoms with Crippen molar-refractivity contribution in [2.24, 2.45) is 0 Å². The minimum Gasteiger partial charge on any atom is -0.467 e. The van der Waals surface area contributed by atoms with Gasteiger partial charge in [0.2, 0.25) is 0 Å². The molecule has 30 heavy (non-hydrogen) atoms. The minimum atomic E-state index is 0.209. The Hall–Kier alpha value is -3.62. The zero-order valence-electron chi connectivity index (χ0n) is 16.8. The number of ether oxygens (including phenoxy) is 2. The van der Waals surface area contributed by atoms with Crippen molar-refractivity contribution >= 4 is 21.5 Å². The Morgan fingerprint density at radius 1 is 0.533 bits per heavy atom. The van der Waals surface area contributed by atoms with Crippen molar-refractivity contribution in [2.75, 3.05) is 13.9 Å². The SMILES string of the molecule is COCOc1cccc2c(-c3ccccc3)c3ccccc3c(-c3ccccc3)c12. The molecular formula is C28H22O2. The van der Waals surface area contributed by atoms with Crippen molar-refractivity contribution in [1.82, 2.24) is 0 Å². The van der Waals surface area contributed by atoms with Crippen LogP contribution < -0.4 is 4.74 Å². The second-order valence-electron chi connectivity index (χ2n) is 7.26. The molecule has 0 fully saturated rings. The first-order valence-corrected chi connectivity index (χ1v) is 10.1. The van der Waals surface area contributed by atoms with Gasteiger partial charge in [-0.2, -0.15) is 0 Å². The summed E-state index contributed by atoms with van der Waals surface area (Å²) < 4.78 is 11.3. The molecule has 2 heteroatoms. The van der Waals surface area contributed by atoms with Crippen molar-refractivity contribution in [2.45, 2.75) is 0 Å². The van der Waals surface area contributed by atoms with E-state index >= 15 is 0 Å². The van der Waals surface area contributed by atoms with E-state index in [2.05, 4.69) is 97.1 Å². The largest absolute Gasteiger partial charge is 0.467 e. The Balaban J connectivity index is 1.99. The summed E-state index contributed by atoms with van der Waals surface area (Å²) in [6.45, 7) is 0.209. The molecule has 0 aromatic heterocycles. The van der Waals surface area contributed by atoms with Crippen LogP contribution in [0.1, 0.15) is 0 Å². The van der Waals surface area contributed by atoms with E-state index in [4.69, 9.17) is 9.47 Å². The second kappa shape index (κ2) is 8.02. The number of hydrogen-bond acceptors (Lipinski definition) is 2. The Kier molecular flexibility index (Phi) is 4.92. The molecule has 0 amide bonds. The van der Waals surface area contributed by atoms with Gasteiger partial charge in [-0.05, 0) is 38.9 Å². The molecule has 5 rings (SSSR count). The molecule has 5 aromatic carbocycles. The third-order valence-electron chi connectivity index (χ3n) is 5.47. The second-order valence-corrected chi connectivity index (χ2v) is 7.26. The van der Waals surface area contributed by atoms with E-state index in [0.29, 0.717) is 0 Å². The van der Waals surface area contributed by atoms with Gasteiger partial charge in [-0.15, -0.1) is 0 Å². The Morgan fingerprint density at radius 2 is 1.07 bits per heavy atom. The van der Waals surface area contributed by atoms with Crippen molar-refractivity contribution in [3.63, 3.8) is 0 Å². The lowest BCUT2D eigenvalue weighted by atomic mass is 9.85. The average Bonchev–Trinajstić information content (AvgIpc) is 2.82. The van der Waals surface area contributed by atoms with Gasteiger partial charge >= 0.3 is 0 Å². The molecule has 0 aliphatic carbocycles. The van der Waals surface area contributed by atoms with Gasteiger partial charge in [0.05, 0.1) is 0 Å². The van der Waals surface area contributed by atoms with Crippen LogP contribution in [0.5, 0.6) is 5.75 Å². The standard InChI is InChI=1S/C28H22O2/c1-29-19-30-25-18-10-17-24-26(20-11-4-2-5-12-20)22-15-8-9-16-23(22)27(28(24)25)21-13-6-3-7-14-21/h2-18H,19H2,1H3. The van der Waals surface area contributed by atoms with E-state index in [9.17, 15) is 0 Å². The van der Waals surface area contributed by atoms with Crippen LogP contribution in [0.4, 0.5) is 0 Å². The van der Waals surface area contributed by atoms with Crippen LogP contribution in [-0.4, -0.2) is 13.9 Å². The van der Waals surface area contributed by atoms with Crippen LogP contribution in [0, 0.1) is 0 Å². The van der Waals surface area contributed by atoms with Crippen molar-refractivity contribution in [3.8, 4) is 28.0 Å². The van der Waals surface area contributed by atoms with Gasteiger partial charge in [0.1, 0.15) is 5.75 Å². The molecule has 0 bridgehead atoms. The molecule has 0 saturated heterocycles. The van der Waals surface area contributed by atoms with Crippen LogP contribution >= 0.6 is 0 Å². The first kappa shape index (κ1) is 18.4. The number of rotatable bonds is 5. The molecule has 0 atom stereocenters. The van der Waals surface area contributed by atoms with Gasteiger partial charge in [-0.3, -0.25) is 0 Å². The van der Waals surface area contributed by atoms with Crippen LogP contribution in [0.25, 0.3) is 43.8 Å². The van der Waals surface area contributed by atoms with E-state index in [1.54, 1.807) is 7.11 Å². The van der Waals surface area contributed by atoms with Crippen LogP contribution in [-0.2, 0) is 4.74 Å². The lowest BCUT2D eigenvalue weighted by Crippen LogP contribution is -2.00. The van der Waals surface area contributed by atoms with Crippen LogP contribution in [0.3, 0.4) is 0 Å². The van der Waals surface area contributed by atoms with Gasteiger partial charge < -0.3 is 9.47 Å². The Bertz CT molecular complexity index is 1310. The summed E-state index contributed by atoms with van der Waals surface area (Å²) in [5, 5.41) is 4.73. The molecule has 0 spiro atoms. The molecular weight excluding hydrogens is 368 g/mol. The monoisotopic (exact) mass is 390 g/mol. The fourth-order valence-corrected chi connectivity index (χ4v) is 4.26. The van der Waals surface area contributed by atoms with Crippen molar-refractivity contribution in [1.29, 1.82) is 0 Å². The lowest BCUT2D eigenvalue weighted by Gasteiger charge is -2.20. The van der Waals surface area contributed by atoms with Crippen LogP contribution in [0.2, 0.25) is 0 Å². The summed E-state index contributed by atoms with van der Waals surface area (Å²) in [6, 6.07) is 36.0. The lowest BCUT2D eigenvalue weighted by molar-refractivity contribution is 0.0522. The fraction of sp³-hybridized carbons (Fsp3) is 0.0714. The highest BCUT2D eigenvalue weighted by molar-refractivity contribution is 6.22. The van der Waals surface area contributed by atoms with Gasteiger partial charge in [0.15, 0.2) is 6.79 Å². The van der Waals surface area contributed by atoms with Crippen molar-refractivity contribution in [3.05, 3.63) is 103 Å². The summed E-state index contributed by atoms with van der Waals surface area (Å²) >= 11 is 0. The maximum atomic E-state index is 6.05. The summed E-state index contributed by atoms with van der Waals surface area (Å²) in [5.41, 5.74) is 4.78. The molecule has 0 aliphatic heterocycles. The molecule has 0 heterocycles. The van der Waals surface area contributed by atoms with Crippen LogP contribution in [0.15, 0.2) is 103 Å². The average molecular weight is 390 g/mol. The molecule has 0 N–H and O–H groups in total. The predicted octanol–water partition coefficient (Wildman–Crippen LogP) is 7.31. The zero-order valence-corrected chi connectivity index (χ0v) is 16.8. The van der Waals surface area contributed by atoms with E-state index in [-0.39, 0.29) is 6.79 Å². The number of hydrogen-bond donors (Lipinski definition) is 0. The quantitative estimate of drug-likeness (QED) is 0.231. The predicted molar refractivity (Wildman–Crippen MR) is 125 cm³/mol. The molecule has 0 aliphatic rings. The molecule has 146 valence electrons. The Labute approximate surface area is 176 Å². The first-order chi connectivity index (χ1) is 14.9. The fourth-order valence-electron chi connectivity index (χ4n) is 4.26. The molecule has 0 saturated carbocycles. The normalized spacial score (nSPS) is 11.1. The van der Waals surface area contributed by atoms with Gasteiger partial charge in [-0.1, -0.05) is 97.1 Å². The third kappa shape index (κ3) is 3.12. The topological polar surface area (TPSA) is 18.5 Å². The maximum Gasteiger partial charge on any atom is 0.188 e. The molecule has 0 unspecified atom stereocenters. The summed E-state index contributed by atoms with van der Waals surface area (Å²) in [4.78, 5) is 0. The smallest absolute Gasteiger partial charge is 0.188 e. The first-order valence-electron chi connectivity index (χ1n) is 10.1. The summed E-state index contributed by atoms with van der Waals surface area (Å²) in [5.74, 6) is 0.830. The highest BCUT2D eigenvalue weighted by Crippen LogP contribution is 2.46. The number of methoxy groups -OCH3 is 1. The highest BCUT2D eigenvalue weighted by atomic mass is 16.7. The highest BCUT2D eigenvalue weighted by Gasteiger charge is 2.19. The van der Waals surface area contributed by atoms with Gasteiger partial charge in [0.25, 0.3) is 0 Å².